The number of hydrogen-bond donors (Lipinski definition) is 0. The smallest absolute Gasteiger partial charge is 0.305 e. The molecule has 0 atom stereocenters. The second-order valence-electron chi connectivity index (χ2n) is 2.93. The molecule has 1 rings (SSSR count). The Bertz CT molecular complexity index is 380. The van der Waals surface area contributed by atoms with Gasteiger partial charge in [-0.15, -0.1) is 0 Å². The van der Waals surface area contributed by atoms with Crippen LogP contribution in [0.1, 0.15) is 12.0 Å². The number of aryl methyl sites for hydroxylation is 1. The number of rotatable bonds is 3. The van der Waals surface area contributed by atoms with Crippen LogP contribution < -0.4 is 0 Å². The van der Waals surface area contributed by atoms with Crippen LogP contribution in [0.15, 0.2) is 12.1 Å². The molecule has 0 saturated carbocycles. The van der Waals surface area contributed by atoms with Crippen molar-refractivity contribution in [3.8, 4) is 0 Å². The van der Waals surface area contributed by atoms with Crippen LogP contribution in [-0.2, 0) is 16.0 Å². The third-order valence-electron chi connectivity index (χ3n) is 1.92. The van der Waals surface area contributed by atoms with Gasteiger partial charge >= 0.3 is 5.97 Å². The van der Waals surface area contributed by atoms with E-state index >= 15 is 0 Å². The monoisotopic (exact) mass is 250 g/mol. The second-order valence-corrected chi connectivity index (χ2v) is 3.75. The molecule has 1 aromatic rings. The van der Waals surface area contributed by atoms with E-state index in [1.165, 1.54) is 19.2 Å². The van der Waals surface area contributed by atoms with Crippen molar-refractivity contribution in [3.05, 3.63) is 33.6 Å². The van der Waals surface area contributed by atoms with Gasteiger partial charge in [-0.05, 0) is 24.1 Å². The van der Waals surface area contributed by atoms with E-state index in [0.29, 0.717) is 17.0 Å². The zero-order valence-corrected chi connectivity index (χ0v) is 9.53. The Morgan fingerprint density at radius 1 is 1.40 bits per heavy atom. The summed E-state index contributed by atoms with van der Waals surface area (Å²) in [7, 11) is 1.30. The Kier molecular flexibility index (Phi) is 4.36. The molecule has 0 bridgehead atoms. The molecule has 0 fully saturated rings. The van der Waals surface area contributed by atoms with Crippen molar-refractivity contribution >= 4 is 29.2 Å². The molecule has 0 radical (unpaired) electrons. The molecular weight excluding hydrogens is 242 g/mol. The Balaban J connectivity index is 2.77. The van der Waals surface area contributed by atoms with Crippen LogP contribution in [-0.4, -0.2) is 13.1 Å². The van der Waals surface area contributed by atoms with E-state index in [4.69, 9.17) is 23.2 Å². The first kappa shape index (κ1) is 12.3. The van der Waals surface area contributed by atoms with Gasteiger partial charge in [0.2, 0.25) is 0 Å². The van der Waals surface area contributed by atoms with E-state index in [9.17, 15) is 9.18 Å². The largest absolute Gasteiger partial charge is 0.469 e. The molecule has 82 valence electrons. The first-order valence-electron chi connectivity index (χ1n) is 4.25. The van der Waals surface area contributed by atoms with Crippen LogP contribution in [0.5, 0.6) is 0 Å². The molecule has 0 aromatic heterocycles. The zero-order chi connectivity index (χ0) is 11.4. The number of carbonyl (C=O) groups is 1. The predicted octanol–water partition coefficient (Wildman–Crippen LogP) is 3.24. The van der Waals surface area contributed by atoms with E-state index in [2.05, 4.69) is 4.74 Å². The molecule has 0 aliphatic carbocycles. The number of halogens is 3. The summed E-state index contributed by atoms with van der Waals surface area (Å²) >= 11 is 11.3. The van der Waals surface area contributed by atoms with Crippen LogP contribution in [0.4, 0.5) is 4.39 Å². The minimum atomic E-state index is -0.541. The van der Waals surface area contributed by atoms with E-state index < -0.39 is 5.82 Å². The van der Waals surface area contributed by atoms with E-state index in [1.54, 1.807) is 0 Å². The van der Waals surface area contributed by atoms with Crippen molar-refractivity contribution in [3.63, 3.8) is 0 Å². The molecule has 0 saturated heterocycles. The van der Waals surface area contributed by atoms with E-state index in [0.717, 1.165) is 0 Å². The van der Waals surface area contributed by atoms with Gasteiger partial charge in [0, 0.05) is 11.4 Å². The third kappa shape index (κ3) is 3.36. The molecule has 15 heavy (non-hydrogen) atoms. The summed E-state index contributed by atoms with van der Waals surface area (Å²) in [5, 5.41) is 0.326. The highest BCUT2D eigenvalue weighted by Crippen LogP contribution is 2.25. The maximum Gasteiger partial charge on any atom is 0.305 e. The molecule has 0 heterocycles. The highest BCUT2D eigenvalue weighted by molar-refractivity contribution is 6.35. The number of esters is 1. The lowest BCUT2D eigenvalue weighted by molar-refractivity contribution is -0.140. The van der Waals surface area contributed by atoms with Gasteiger partial charge in [-0.3, -0.25) is 4.79 Å². The molecule has 2 nitrogen and oxygen atoms in total. The van der Waals surface area contributed by atoms with Crippen molar-refractivity contribution in [2.45, 2.75) is 12.8 Å². The van der Waals surface area contributed by atoms with Crippen LogP contribution in [0.25, 0.3) is 0 Å². The topological polar surface area (TPSA) is 26.3 Å². The van der Waals surface area contributed by atoms with Crippen molar-refractivity contribution in [2.75, 3.05) is 7.11 Å². The van der Waals surface area contributed by atoms with Crippen LogP contribution in [0.3, 0.4) is 0 Å². The maximum absolute atomic E-state index is 13.1. The van der Waals surface area contributed by atoms with Crippen LogP contribution in [0.2, 0.25) is 10.0 Å². The van der Waals surface area contributed by atoms with Gasteiger partial charge in [0.25, 0.3) is 0 Å². The van der Waals surface area contributed by atoms with Crippen LogP contribution >= 0.6 is 23.2 Å². The molecule has 5 heteroatoms. The van der Waals surface area contributed by atoms with Gasteiger partial charge in [-0.25, -0.2) is 4.39 Å². The summed E-state index contributed by atoms with van der Waals surface area (Å²) in [6, 6.07) is 2.55. The average Bonchev–Trinajstić information content (AvgIpc) is 2.21. The number of carbonyl (C=O) groups excluding carboxylic acids is 1. The second kappa shape index (κ2) is 5.33. The van der Waals surface area contributed by atoms with Gasteiger partial charge in [0.05, 0.1) is 12.1 Å². The highest BCUT2D eigenvalue weighted by Gasteiger charge is 2.09. The van der Waals surface area contributed by atoms with Crippen molar-refractivity contribution in [2.24, 2.45) is 0 Å². The van der Waals surface area contributed by atoms with Gasteiger partial charge in [0.1, 0.15) is 5.82 Å². The zero-order valence-electron chi connectivity index (χ0n) is 8.02. The Morgan fingerprint density at radius 3 is 2.67 bits per heavy atom. The average molecular weight is 251 g/mol. The summed E-state index contributed by atoms with van der Waals surface area (Å²) in [5.41, 5.74) is 0.545. The Labute approximate surface area is 96.9 Å². The first-order chi connectivity index (χ1) is 7.04. The van der Waals surface area contributed by atoms with E-state index in [-0.39, 0.29) is 17.4 Å². The lowest BCUT2D eigenvalue weighted by Crippen LogP contribution is -2.02. The molecule has 0 spiro atoms. The molecule has 0 N–H and O–H groups in total. The lowest BCUT2D eigenvalue weighted by atomic mass is 10.1. The first-order valence-corrected chi connectivity index (χ1v) is 5.00. The summed E-state index contributed by atoms with van der Waals surface area (Å²) in [4.78, 5) is 10.9. The normalized spacial score (nSPS) is 10.1. The fourth-order valence-electron chi connectivity index (χ4n) is 1.09. The van der Waals surface area contributed by atoms with Crippen molar-refractivity contribution in [1.29, 1.82) is 0 Å². The number of methoxy groups -OCH3 is 1. The molecule has 0 aliphatic rings. The summed E-state index contributed by atoms with van der Waals surface area (Å²) in [6.45, 7) is 0. The maximum atomic E-state index is 13.1. The van der Waals surface area contributed by atoms with Gasteiger partial charge in [-0.1, -0.05) is 23.2 Å². The molecule has 0 amide bonds. The minimum absolute atomic E-state index is 0.0261. The summed E-state index contributed by atoms with van der Waals surface area (Å²) in [6.07, 6.45) is 0.497. The van der Waals surface area contributed by atoms with Gasteiger partial charge in [0.15, 0.2) is 0 Å². The van der Waals surface area contributed by atoms with Crippen LogP contribution in [0, 0.1) is 5.82 Å². The third-order valence-corrected chi connectivity index (χ3v) is 2.56. The predicted molar refractivity (Wildman–Crippen MR) is 56.8 cm³/mol. The Morgan fingerprint density at radius 2 is 2.07 bits per heavy atom. The number of ether oxygens (including phenoxy) is 1. The lowest BCUT2D eigenvalue weighted by Gasteiger charge is -2.04. The fourth-order valence-corrected chi connectivity index (χ4v) is 1.57. The molecular formula is C10H9Cl2FO2. The fraction of sp³-hybridized carbons (Fsp3) is 0.300. The van der Waals surface area contributed by atoms with E-state index in [1.807, 2.05) is 0 Å². The minimum Gasteiger partial charge on any atom is -0.469 e. The molecule has 0 unspecified atom stereocenters. The van der Waals surface area contributed by atoms with Gasteiger partial charge in [-0.2, -0.15) is 0 Å². The summed E-state index contributed by atoms with van der Waals surface area (Å²) < 4.78 is 17.5. The highest BCUT2D eigenvalue weighted by atomic mass is 35.5. The van der Waals surface area contributed by atoms with Crippen molar-refractivity contribution < 1.29 is 13.9 Å². The van der Waals surface area contributed by atoms with Crippen molar-refractivity contribution in [1.82, 2.24) is 0 Å². The SMILES string of the molecule is COC(=O)CCc1cc(F)c(Cl)cc1Cl. The molecule has 1 aromatic carbocycles. The Hall–Kier alpha value is -0.800. The summed E-state index contributed by atoms with van der Waals surface area (Å²) in [5.74, 6) is -0.901. The standard InChI is InChI=1S/C10H9Cl2FO2/c1-15-10(14)3-2-6-4-9(13)8(12)5-7(6)11/h4-5H,2-3H2,1H3. The van der Waals surface area contributed by atoms with Gasteiger partial charge < -0.3 is 4.74 Å². The molecule has 0 aliphatic heterocycles. The number of hydrogen-bond acceptors (Lipinski definition) is 2. The quantitative estimate of drug-likeness (QED) is 0.608. The number of benzene rings is 1.